The van der Waals surface area contributed by atoms with E-state index >= 15 is 0 Å². The molecule has 1 aliphatic heterocycles. The van der Waals surface area contributed by atoms with Gasteiger partial charge in [0.1, 0.15) is 12.3 Å². The number of hydrogen-bond acceptors (Lipinski definition) is 5. The fraction of sp³-hybridized carbons (Fsp3) is 0.308. The third-order valence-corrected chi connectivity index (χ3v) is 2.68. The van der Waals surface area contributed by atoms with Crippen LogP contribution < -0.4 is 5.06 Å². The van der Waals surface area contributed by atoms with Crippen molar-refractivity contribution in [2.24, 2.45) is 0 Å². The second-order valence-electron chi connectivity index (χ2n) is 3.75. The minimum absolute atomic E-state index is 0.349. The van der Waals surface area contributed by atoms with Crippen LogP contribution in [0.2, 0.25) is 0 Å². The van der Waals surface area contributed by atoms with Gasteiger partial charge in [-0.3, -0.25) is 4.84 Å². The van der Waals surface area contributed by atoms with Crippen LogP contribution in [0.25, 0.3) is 0 Å². The van der Waals surface area contributed by atoms with E-state index in [1.54, 1.807) is 24.3 Å². The Kier molecular flexibility index (Phi) is 3.84. The number of hydroxylamine groups is 1. The molecule has 0 N–H and O–H groups in total. The lowest BCUT2D eigenvalue weighted by molar-refractivity contribution is 0.0600. The number of rotatable bonds is 3. The summed E-state index contributed by atoms with van der Waals surface area (Å²) in [7, 11) is 3.00. The second kappa shape index (κ2) is 5.55. The maximum atomic E-state index is 11.3. The first-order valence-electron chi connectivity index (χ1n) is 5.56. The molecule has 18 heavy (non-hydrogen) atoms. The van der Waals surface area contributed by atoms with Gasteiger partial charge in [0.05, 0.1) is 32.1 Å². The van der Waals surface area contributed by atoms with E-state index < -0.39 is 0 Å². The molecule has 0 saturated heterocycles. The summed E-state index contributed by atoms with van der Waals surface area (Å²) in [5.41, 5.74) is 1.38. The summed E-state index contributed by atoms with van der Waals surface area (Å²) >= 11 is 0. The zero-order chi connectivity index (χ0) is 13.0. The third kappa shape index (κ3) is 2.62. The summed E-state index contributed by atoms with van der Waals surface area (Å²) in [5.74, 6) is 0.511. The lowest BCUT2D eigenvalue weighted by Gasteiger charge is -2.27. The Hall–Kier alpha value is -2.01. The van der Waals surface area contributed by atoms with Crippen LogP contribution in [0.1, 0.15) is 10.4 Å². The van der Waals surface area contributed by atoms with Gasteiger partial charge in [-0.15, -0.1) is 0 Å². The van der Waals surface area contributed by atoms with Crippen LogP contribution in [0, 0.1) is 0 Å². The van der Waals surface area contributed by atoms with Gasteiger partial charge in [-0.05, 0) is 30.3 Å². The molecule has 0 saturated carbocycles. The van der Waals surface area contributed by atoms with E-state index in [0.717, 1.165) is 11.4 Å². The topological polar surface area (TPSA) is 48.0 Å². The number of esters is 1. The number of benzene rings is 1. The standard InChI is InChI=1S/C13H15NO4/c1-16-12-7-8-18-14(9-12)11-5-3-10(4-6-11)13(15)17-2/h3-7H,8-9H2,1-2H3. The van der Waals surface area contributed by atoms with Crippen molar-refractivity contribution in [3.63, 3.8) is 0 Å². The van der Waals surface area contributed by atoms with Crippen molar-refractivity contribution in [2.75, 3.05) is 32.4 Å². The van der Waals surface area contributed by atoms with Gasteiger partial charge in [0.15, 0.2) is 0 Å². The molecule has 0 atom stereocenters. The zero-order valence-electron chi connectivity index (χ0n) is 10.4. The highest BCUT2D eigenvalue weighted by atomic mass is 16.7. The first-order chi connectivity index (χ1) is 8.74. The van der Waals surface area contributed by atoms with Gasteiger partial charge in [-0.1, -0.05) is 0 Å². The molecule has 96 valence electrons. The third-order valence-electron chi connectivity index (χ3n) is 2.68. The van der Waals surface area contributed by atoms with Gasteiger partial charge in [0.2, 0.25) is 0 Å². The molecule has 0 fully saturated rings. The van der Waals surface area contributed by atoms with Crippen LogP contribution in [-0.2, 0) is 14.3 Å². The molecule has 0 unspecified atom stereocenters. The molecule has 0 aromatic heterocycles. The van der Waals surface area contributed by atoms with Crippen molar-refractivity contribution in [2.45, 2.75) is 0 Å². The Morgan fingerprint density at radius 2 is 2.00 bits per heavy atom. The predicted octanol–water partition coefficient (Wildman–Crippen LogP) is 1.76. The van der Waals surface area contributed by atoms with Crippen molar-refractivity contribution in [3.05, 3.63) is 41.7 Å². The van der Waals surface area contributed by atoms with E-state index in [4.69, 9.17) is 9.57 Å². The largest absolute Gasteiger partial charge is 0.499 e. The van der Waals surface area contributed by atoms with E-state index in [-0.39, 0.29) is 5.97 Å². The minimum Gasteiger partial charge on any atom is -0.499 e. The highest BCUT2D eigenvalue weighted by Crippen LogP contribution is 2.20. The molecule has 5 nitrogen and oxygen atoms in total. The summed E-state index contributed by atoms with van der Waals surface area (Å²) in [6.07, 6.45) is 1.89. The van der Waals surface area contributed by atoms with Crippen LogP contribution in [0.4, 0.5) is 5.69 Å². The number of methoxy groups -OCH3 is 2. The monoisotopic (exact) mass is 249 g/mol. The zero-order valence-corrected chi connectivity index (χ0v) is 10.4. The fourth-order valence-corrected chi connectivity index (χ4v) is 1.67. The lowest BCUT2D eigenvalue weighted by atomic mass is 10.2. The van der Waals surface area contributed by atoms with Crippen molar-refractivity contribution in [3.8, 4) is 0 Å². The van der Waals surface area contributed by atoms with Gasteiger partial charge >= 0.3 is 5.97 Å². The molecule has 0 amide bonds. The highest BCUT2D eigenvalue weighted by molar-refractivity contribution is 5.89. The van der Waals surface area contributed by atoms with Crippen molar-refractivity contribution >= 4 is 11.7 Å². The van der Waals surface area contributed by atoms with E-state index in [1.165, 1.54) is 7.11 Å². The number of nitrogens with zero attached hydrogens (tertiary/aromatic N) is 1. The molecular formula is C13H15NO4. The summed E-state index contributed by atoms with van der Waals surface area (Å²) in [6, 6.07) is 7.03. The van der Waals surface area contributed by atoms with E-state index in [9.17, 15) is 4.79 Å². The number of carbonyl (C=O) groups excluding carboxylic acids is 1. The lowest BCUT2D eigenvalue weighted by Crippen LogP contribution is -2.30. The molecule has 2 rings (SSSR count). The summed E-state index contributed by atoms with van der Waals surface area (Å²) in [6.45, 7) is 1.02. The average Bonchev–Trinajstić information content (AvgIpc) is 2.46. The van der Waals surface area contributed by atoms with Crippen molar-refractivity contribution in [1.82, 2.24) is 0 Å². The van der Waals surface area contributed by atoms with Gasteiger partial charge in [0.25, 0.3) is 0 Å². The Labute approximate surface area is 106 Å². The van der Waals surface area contributed by atoms with Gasteiger partial charge in [-0.25, -0.2) is 9.86 Å². The molecule has 0 spiro atoms. The van der Waals surface area contributed by atoms with Crippen LogP contribution in [0.5, 0.6) is 0 Å². The second-order valence-corrected chi connectivity index (χ2v) is 3.75. The Balaban J connectivity index is 2.10. The molecule has 0 bridgehead atoms. The molecule has 1 aromatic rings. The smallest absolute Gasteiger partial charge is 0.337 e. The first kappa shape index (κ1) is 12.4. The maximum absolute atomic E-state index is 11.3. The molecule has 1 aliphatic rings. The Bertz CT molecular complexity index is 453. The van der Waals surface area contributed by atoms with E-state index in [1.807, 2.05) is 18.2 Å². The van der Waals surface area contributed by atoms with Crippen LogP contribution >= 0.6 is 0 Å². The van der Waals surface area contributed by atoms with E-state index in [0.29, 0.717) is 18.7 Å². The molecule has 0 aliphatic carbocycles. The Morgan fingerprint density at radius 3 is 2.61 bits per heavy atom. The van der Waals surface area contributed by atoms with E-state index in [2.05, 4.69) is 4.74 Å². The minimum atomic E-state index is -0.349. The number of anilines is 1. The molecular weight excluding hydrogens is 234 g/mol. The molecule has 1 aromatic carbocycles. The Morgan fingerprint density at radius 1 is 1.28 bits per heavy atom. The van der Waals surface area contributed by atoms with Gasteiger partial charge in [0, 0.05) is 0 Å². The van der Waals surface area contributed by atoms with Gasteiger partial charge in [-0.2, -0.15) is 0 Å². The highest BCUT2D eigenvalue weighted by Gasteiger charge is 2.15. The predicted molar refractivity (Wildman–Crippen MR) is 66.2 cm³/mol. The molecule has 0 radical (unpaired) electrons. The SMILES string of the molecule is COC(=O)c1ccc(N2CC(OC)=CCO2)cc1. The fourth-order valence-electron chi connectivity index (χ4n) is 1.67. The summed E-state index contributed by atoms with van der Waals surface area (Å²) in [4.78, 5) is 16.8. The first-order valence-corrected chi connectivity index (χ1v) is 5.56. The number of carbonyl (C=O) groups is 1. The molecule has 5 heteroatoms. The number of ether oxygens (including phenoxy) is 2. The van der Waals surface area contributed by atoms with Crippen molar-refractivity contribution < 1.29 is 19.1 Å². The summed E-state index contributed by atoms with van der Waals surface area (Å²) in [5, 5.41) is 1.72. The number of hydrogen-bond donors (Lipinski definition) is 0. The summed E-state index contributed by atoms with van der Waals surface area (Å²) < 4.78 is 9.83. The average molecular weight is 249 g/mol. The quantitative estimate of drug-likeness (QED) is 0.764. The normalized spacial score (nSPS) is 15.0. The van der Waals surface area contributed by atoms with Gasteiger partial charge < -0.3 is 9.47 Å². The van der Waals surface area contributed by atoms with Crippen LogP contribution in [0.3, 0.4) is 0 Å². The maximum Gasteiger partial charge on any atom is 0.337 e. The van der Waals surface area contributed by atoms with Crippen LogP contribution in [-0.4, -0.2) is 33.3 Å². The van der Waals surface area contributed by atoms with Crippen LogP contribution in [0.15, 0.2) is 36.1 Å². The molecule has 1 heterocycles. The van der Waals surface area contributed by atoms with Crippen molar-refractivity contribution in [1.29, 1.82) is 0 Å².